The summed E-state index contributed by atoms with van der Waals surface area (Å²) in [7, 11) is 0. The number of benzene rings is 2. The number of carbonyl (C=O) groups is 1. The highest BCUT2D eigenvalue weighted by Gasteiger charge is 2.58. The first-order valence-corrected chi connectivity index (χ1v) is 13.0. The van der Waals surface area contributed by atoms with Crippen molar-refractivity contribution in [3.63, 3.8) is 0 Å². The summed E-state index contributed by atoms with van der Waals surface area (Å²) in [6, 6.07) is 17.1. The van der Waals surface area contributed by atoms with Crippen molar-refractivity contribution in [2.24, 2.45) is 23.2 Å². The maximum absolute atomic E-state index is 13.1. The summed E-state index contributed by atoms with van der Waals surface area (Å²) < 4.78 is 6.11. The lowest BCUT2D eigenvalue weighted by Gasteiger charge is -2.50. The van der Waals surface area contributed by atoms with E-state index in [-0.39, 0.29) is 11.5 Å². The zero-order chi connectivity index (χ0) is 23.0. The molecule has 3 heteroatoms. The number of ether oxygens (including phenoxy) is 1. The predicted molar refractivity (Wildman–Crippen MR) is 131 cm³/mol. The first kappa shape index (κ1) is 22.7. The Morgan fingerprint density at radius 2 is 1.97 bits per heavy atom. The van der Waals surface area contributed by atoms with Gasteiger partial charge in [0.1, 0.15) is 18.1 Å². The van der Waals surface area contributed by atoms with Gasteiger partial charge in [-0.25, -0.2) is 0 Å². The van der Waals surface area contributed by atoms with Gasteiger partial charge in [0.05, 0.1) is 6.10 Å². The molecule has 0 bridgehead atoms. The lowest BCUT2D eigenvalue weighted by atomic mass is 9.54. The molecule has 5 rings (SSSR count). The van der Waals surface area contributed by atoms with E-state index >= 15 is 0 Å². The summed E-state index contributed by atoms with van der Waals surface area (Å²) >= 11 is 0. The fourth-order valence-electron chi connectivity index (χ4n) is 7.39. The Hall–Kier alpha value is -2.13. The number of carbonyl (C=O) groups excluding carboxylic acids is 1. The molecule has 3 aliphatic rings. The van der Waals surface area contributed by atoms with Crippen LogP contribution >= 0.6 is 0 Å². The number of Topliss-reactive ketones (excluding diaryl/α,β-unsaturated/α-hetero) is 1. The molecule has 3 nitrogen and oxygen atoms in total. The summed E-state index contributed by atoms with van der Waals surface area (Å²) in [6.45, 7) is 4.74. The van der Waals surface area contributed by atoms with Crippen molar-refractivity contribution < 1.29 is 14.6 Å². The van der Waals surface area contributed by atoms with Crippen molar-refractivity contribution in [2.75, 3.05) is 0 Å². The fraction of sp³-hybridized carbons (Fsp3) is 0.567. The van der Waals surface area contributed by atoms with Crippen LogP contribution in [0.15, 0.2) is 48.5 Å². The molecular weight excluding hydrogens is 408 g/mol. The van der Waals surface area contributed by atoms with Gasteiger partial charge in [-0.3, -0.25) is 4.79 Å². The van der Waals surface area contributed by atoms with Gasteiger partial charge in [0.25, 0.3) is 0 Å². The minimum absolute atomic E-state index is 0.132. The van der Waals surface area contributed by atoms with Crippen LogP contribution in [0.1, 0.15) is 81.4 Å². The number of aliphatic hydroxyl groups excluding tert-OH is 1. The van der Waals surface area contributed by atoms with E-state index in [4.69, 9.17) is 4.74 Å². The molecule has 2 fully saturated rings. The summed E-state index contributed by atoms with van der Waals surface area (Å²) in [5.74, 6) is 3.63. The number of fused-ring (bicyclic) bond motifs is 5. The molecule has 0 aromatic heterocycles. The number of ketones is 1. The normalized spacial score (nSPS) is 31.4. The van der Waals surface area contributed by atoms with E-state index in [1.165, 1.54) is 23.1 Å². The molecule has 0 spiro atoms. The number of hydrogen-bond donors (Lipinski definition) is 1. The van der Waals surface area contributed by atoms with Crippen molar-refractivity contribution in [3.05, 3.63) is 65.2 Å². The summed E-state index contributed by atoms with van der Waals surface area (Å²) in [6.07, 6.45) is 7.88. The predicted octanol–water partition coefficient (Wildman–Crippen LogP) is 6.47. The molecule has 0 heterocycles. The van der Waals surface area contributed by atoms with Crippen LogP contribution in [0, 0.1) is 23.2 Å². The van der Waals surface area contributed by atoms with Crippen molar-refractivity contribution in [2.45, 2.75) is 83.8 Å². The number of hydrogen-bond acceptors (Lipinski definition) is 3. The molecule has 3 aliphatic carbocycles. The number of aliphatic hydroxyl groups is 1. The molecule has 0 amide bonds. The first-order valence-electron chi connectivity index (χ1n) is 13.0. The van der Waals surface area contributed by atoms with Crippen LogP contribution in [-0.2, 0) is 17.8 Å². The van der Waals surface area contributed by atoms with E-state index in [0.29, 0.717) is 36.1 Å². The second-order valence-corrected chi connectivity index (χ2v) is 11.1. The molecule has 6 atom stereocenters. The minimum Gasteiger partial charge on any atom is -0.489 e. The standard InChI is InChI=1S/C30H38O3/c1-20(31)7-6-10-23-18-28(32)30(2)16-15-26-25-14-12-24(33-19-21-8-4-3-5-9-21)17-22(25)11-13-27(26)29(23)30/h3-5,8-9,12,14,17,20,23,26-27,29,31H,6-7,10-11,13,15-16,18-19H2,1-2H3/t20?,23-,26-,27-,29+,30-/m1/s1. The fourth-order valence-corrected chi connectivity index (χ4v) is 7.39. The van der Waals surface area contributed by atoms with Gasteiger partial charge in [0, 0.05) is 11.8 Å². The molecule has 2 aromatic rings. The van der Waals surface area contributed by atoms with Gasteiger partial charge in [0.2, 0.25) is 0 Å². The summed E-state index contributed by atoms with van der Waals surface area (Å²) in [5, 5.41) is 9.71. The van der Waals surface area contributed by atoms with Gasteiger partial charge >= 0.3 is 0 Å². The van der Waals surface area contributed by atoms with Gasteiger partial charge in [-0.1, -0.05) is 49.7 Å². The second kappa shape index (κ2) is 9.25. The third-order valence-corrected chi connectivity index (χ3v) is 8.99. The Morgan fingerprint density at radius 3 is 2.76 bits per heavy atom. The number of rotatable bonds is 7. The quantitative estimate of drug-likeness (QED) is 0.530. The van der Waals surface area contributed by atoms with Crippen molar-refractivity contribution >= 4 is 5.78 Å². The zero-order valence-corrected chi connectivity index (χ0v) is 20.1. The molecule has 0 saturated heterocycles. The highest BCUT2D eigenvalue weighted by atomic mass is 16.5. The molecule has 0 radical (unpaired) electrons. The van der Waals surface area contributed by atoms with Crippen LogP contribution < -0.4 is 4.74 Å². The molecule has 1 unspecified atom stereocenters. The largest absolute Gasteiger partial charge is 0.489 e. The minimum atomic E-state index is -0.243. The molecule has 1 N–H and O–H groups in total. The van der Waals surface area contributed by atoms with E-state index in [1.807, 2.05) is 25.1 Å². The highest BCUT2D eigenvalue weighted by molar-refractivity contribution is 5.87. The van der Waals surface area contributed by atoms with Crippen molar-refractivity contribution in [1.29, 1.82) is 0 Å². The van der Waals surface area contributed by atoms with Gasteiger partial charge in [0.15, 0.2) is 0 Å². The van der Waals surface area contributed by atoms with Gasteiger partial charge in [-0.2, -0.15) is 0 Å². The highest BCUT2D eigenvalue weighted by Crippen LogP contribution is 2.62. The Bertz CT molecular complexity index is 981. The zero-order valence-electron chi connectivity index (χ0n) is 20.1. The van der Waals surface area contributed by atoms with Crippen LogP contribution in [0.5, 0.6) is 5.75 Å². The van der Waals surface area contributed by atoms with Crippen molar-refractivity contribution in [1.82, 2.24) is 0 Å². The average Bonchev–Trinajstić information content (AvgIpc) is 3.07. The summed E-state index contributed by atoms with van der Waals surface area (Å²) in [4.78, 5) is 13.1. The van der Waals surface area contributed by atoms with Crippen LogP contribution in [0.3, 0.4) is 0 Å². The summed E-state index contributed by atoms with van der Waals surface area (Å²) in [5.41, 5.74) is 4.00. The van der Waals surface area contributed by atoms with E-state index < -0.39 is 0 Å². The van der Waals surface area contributed by atoms with Crippen molar-refractivity contribution in [3.8, 4) is 5.75 Å². The second-order valence-electron chi connectivity index (χ2n) is 11.1. The van der Waals surface area contributed by atoms with E-state index in [9.17, 15) is 9.90 Å². The monoisotopic (exact) mass is 446 g/mol. The van der Waals surface area contributed by atoms with Crippen LogP contribution in [0.2, 0.25) is 0 Å². The van der Waals surface area contributed by atoms with Crippen LogP contribution in [0.4, 0.5) is 0 Å². The Labute approximate surface area is 198 Å². The average molecular weight is 447 g/mol. The molecule has 33 heavy (non-hydrogen) atoms. The topological polar surface area (TPSA) is 46.5 Å². The van der Waals surface area contributed by atoms with Gasteiger partial charge in [-0.05, 0) is 97.9 Å². The third-order valence-electron chi connectivity index (χ3n) is 8.99. The molecule has 176 valence electrons. The molecule has 0 aliphatic heterocycles. The van der Waals surface area contributed by atoms with Gasteiger partial charge < -0.3 is 9.84 Å². The lowest BCUT2D eigenvalue weighted by molar-refractivity contribution is -0.129. The molecular formula is C30H38O3. The lowest BCUT2D eigenvalue weighted by Crippen LogP contribution is -2.44. The Balaban J connectivity index is 1.32. The SMILES string of the molecule is CC(O)CCC[C@@H]1CC(=O)[C@@]2(C)CC[C@@H]3c4ccc(OCc5ccccc5)cc4CC[C@H]3[C@H]12. The Kier molecular flexibility index (Phi) is 6.35. The molecule has 2 aromatic carbocycles. The van der Waals surface area contributed by atoms with E-state index in [2.05, 4.69) is 37.3 Å². The maximum Gasteiger partial charge on any atom is 0.139 e. The number of aryl methyl sites for hydroxylation is 1. The smallest absolute Gasteiger partial charge is 0.139 e. The third kappa shape index (κ3) is 4.37. The Morgan fingerprint density at radius 1 is 1.15 bits per heavy atom. The van der Waals surface area contributed by atoms with Crippen LogP contribution in [0.25, 0.3) is 0 Å². The van der Waals surface area contributed by atoms with Crippen LogP contribution in [-0.4, -0.2) is 17.0 Å². The first-order chi connectivity index (χ1) is 16.0. The molecule has 2 saturated carbocycles. The van der Waals surface area contributed by atoms with E-state index in [1.54, 1.807) is 0 Å². The van der Waals surface area contributed by atoms with Gasteiger partial charge in [-0.15, -0.1) is 0 Å². The van der Waals surface area contributed by atoms with E-state index in [0.717, 1.165) is 50.7 Å². The maximum atomic E-state index is 13.1.